The van der Waals surface area contributed by atoms with Gasteiger partial charge in [0.15, 0.2) is 5.78 Å². The Morgan fingerprint density at radius 1 is 1.32 bits per heavy atom. The Morgan fingerprint density at radius 3 is 2.59 bits per heavy atom. The number of nitrogens with one attached hydrogen (secondary N) is 1. The molecule has 2 aliphatic rings. The Labute approximate surface area is 130 Å². The van der Waals surface area contributed by atoms with Gasteiger partial charge >= 0.3 is 5.97 Å². The molecule has 0 radical (unpaired) electrons. The van der Waals surface area contributed by atoms with E-state index in [9.17, 15) is 14.7 Å². The van der Waals surface area contributed by atoms with E-state index in [0.29, 0.717) is 5.69 Å². The molecule has 2 N–H and O–H groups in total. The van der Waals surface area contributed by atoms with Crippen LogP contribution in [0, 0.1) is 16.7 Å². The van der Waals surface area contributed by atoms with Crippen LogP contribution in [0.25, 0.3) is 0 Å². The van der Waals surface area contributed by atoms with E-state index in [2.05, 4.69) is 26.1 Å². The van der Waals surface area contributed by atoms with E-state index in [1.54, 1.807) is 30.5 Å². The van der Waals surface area contributed by atoms with Gasteiger partial charge in [0.25, 0.3) is 0 Å². The molecule has 22 heavy (non-hydrogen) atoms. The van der Waals surface area contributed by atoms with Gasteiger partial charge in [0, 0.05) is 17.2 Å². The normalized spacial score (nSPS) is 30.8. The lowest BCUT2D eigenvalue weighted by Crippen LogP contribution is -2.32. The number of fused-ring (bicyclic) bond motifs is 2. The number of hydrogen-bond acceptors (Lipinski definition) is 3. The second-order valence-electron chi connectivity index (χ2n) is 7.07. The van der Waals surface area contributed by atoms with Gasteiger partial charge in [0.05, 0.1) is 11.3 Å². The van der Waals surface area contributed by atoms with Crippen molar-refractivity contribution in [2.45, 2.75) is 33.6 Å². The number of carboxylic acids is 1. The van der Waals surface area contributed by atoms with Gasteiger partial charge in [-0.3, -0.25) is 4.79 Å². The molecule has 0 saturated heterocycles. The highest BCUT2D eigenvalue weighted by molar-refractivity contribution is 6.05. The summed E-state index contributed by atoms with van der Waals surface area (Å²) in [5.74, 6) is -0.531. The second-order valence-corrected chi connectivity index (χ2v) is 7.07. The Kier molecular flexibility index (Phi) is 3.17. The van der Waals surface area contributed by atoms with E-state index in [1.165, 1.54) is 0 Å². The maximum atomic E-state index is 12.7. The molecule has 0 heterocycles. The third-order valence-corrected chi connectivity index (χ3v) is 5.91. The number of anilines is 1. The molecule has 2 aliphatic carbocycles. The van der Waals surface area contributed by atoms with Crippen molar-refractivity contribution in [3.05, 3.63) is 41.6 Å². The SMILES string of the molecule is CC12CCC(/C(=C/Nc3ccccc3C(=O)O)C1=O)C2(C)C. The van der Waals surface area contributed by atoms with Gasteiger partial charge < -0.3 is 10.4 Å². The van der Waals surface area contributed by atoms with Crippen molar-refractivity contribution in [2.75, 3.05) is 5.32 Å². The number of hydrogen-bond donors (Lipinski definition) is 2. The van der Waals surface area contributed by atoms with E-state index in [-0.39, 0.29) is 28.1 Å². The molecule has 3 rings (SSSR count). The Bertz CT molecular complexity index is 689. The summed E-state index contributed by atoms with van der Waals surface area (Å²) in [6.45, 7) is 6.38. The number of carboxylic acid groups (broad SMARTS) is 1. The van der Waals surface area contributed by atoms with E-state index < -0.39 is 5.97 Å². The molecule has 0 aliphatic heterocycles. The van der Waals surface area contributed by atoms with Crippen LogP contribution in [0.4, 0.5) is 5.69 Å². The number of carbonyl (C=O) groups excluding carboxylic acids is 1. The van der Waals surface area contributed by atoms with Gasteiger partial charge in [-0.25, -0.2) is 4.79 Å². The first-order valence-corrected chi connectivity index (χ1v) is 7.63. The minimum Gasteiger partial charge on any atom is -0.478 e. The number of ketones is 1. The van der Waals surface area contributed by atoms with Crippen molar-refractivity contribution in [1.82, 2.24) is 0 Å². The maximum Gasteiger partial charge on any atom is 0.337 e. The zero-order valence-electron chi connectivity index (χ0n) is 13.1. The molecule has 2 bridgehead atoms. The van der Waals surface area contributed by atoms with Crippen LogP contribution in [0.15, 0.2) is 36.0 Å². The molecule has 2 saturated carbocycles. The zero-order chi connectivity index (χ0) is 16.1. The van der Waals surface area contributed by atoms with E-state index >= 15 is 0 Å². The molecule has 2 atom stereocenters. The van der Waals surface area contributed by atoms with Crippen molar-refractivity contribution in [3.8, 4) is 0 Å². The molecule has 2 unspecified atom stereocenters. The quantitative estimate of drug-likeness (QED) is 0.835. The lowest BCUT2D eigenvalue weighted by atomic mass is 9.70. The van der Waals surface area contributed by atoms with Gasteiger partial charge in [-0.05, 0) is 36.3 Å². The number of aromatic carboxylic acids is 1. The number of allylic oxidation sites excluding steroid dienone is 1. The van der Waals surface area contributed by atoms with Crippen LogP contribution in [0.1, 0.15) is 44.0 Å². The summed E-state index contributed by atoms with van der Waals surface area (Å²) in [6.07, 6.45) is 3.68. The predicted molar refractivity (Wildman–Crippen MR) is 84.7 cm³/mol. The van der Waals surface area contributed by atoms with Crippen molar-refractivity contribution < 1.29 is 14.7 Å². The molecule has 0 amide bonds. The second kappa shape index (κ2) is 4.70. The number of rotatable bonds is 3. The molecule has 116 valence electrons. The lowest BCUT2D eigenvalue weighted by molar-refractivity contribution is -0.125. The van der Waals surface area contributed by atoms with Crippen LogP contribution < -0.4 is 5.32 Å². The first-order chi connectivity index (χ1) is 10.3. The average Bonchev–Trinajstić information content (AvgIpc) is 2.78. The molecule has 2 fully saturated rings. The molecule has 0 spiro atoms. The fourth-order valence-electron chi connectivity index (χ4n) is 4.04. The van der Waals surface area contributed by atoms with Gasteiger partial charge in [-0.15, -0.1) is 0 Å². The fourth-order valence-corrected chi connectivity index (χ4v) is 4.04. The van der Waals surface area contributed by atoms with Gasteiger partial charge in [-0.1, -0.05) is 32.9 Å². The highest BCUT2D eigenvalue weighted by Gasteiger charge is 2.63. The van der Waals surface area contributed by atoms with Crippen molar-refractivity contribution in [1.29, 1.82) is 0 Å². The number of carbonyl (C=O) groups is 2. The van der Waals surface area contributed by atoms with Crippen LogP contribution in [-0.2, 0) is 4.79 Å². The topological polar surface area (TPSA) is 66.4 Å². The monoisotopic (exact) mass is 299 g/mol. The molecular weight excluding hydrogens is 278 g/mol. The number of benzene rings is 1. The van der Waals surface area contributed by atoms with E-state index in [1.807, 2.05) is 0 Å². The summed E-state index contributed by atoms with van der Waals surface area (Å²) in [4.78, 5) is 24.0. The largest absolute Gasteiger partial charge is 0.478 e. The van der Waals surface area contributed by atoms with Crippen LogP contribution in [0.5, 0.6) is 0 Å². The van der Waals surface area contributed by atoms with Crippen LogP contribution in [0.2, 0.25) is 0 Å². The molecule has 1 aromatic carbocycles. The first kappa shape index (κ1) is 14.8. The summed E-state index contributed by atoms with van der Waals surface area (Å²) < 4.78 is 0. The van der Waals surface area contributed by atoms with Gasteiger partial charge in [0.2, 0.25) is 0 Å². The first-order valence-electron chi connectivity index (χ1n) is 7.63. The molecule has 4 nitrogen and oxygen atoms in total. The molecule has 1 aromatic rings. The van der Waals surface area contributed by atoms with Crippen LogP contribution in [0.3, 0.4) is 0 Å². The van der Waals surface area contributed by atoms with Gasteiger partial charge in [0.1, 0.15) is 0 Å². The zero-order valence-corrected chi connectivity index (χ0v) is 13.1. The van der Waals surface area contributed by atoms with Gasteiger partial charge in [-0.2, -0.15) is 0 Å². The fraction of sp³-hybridized carbons (Fsp3) is 0.444. The standard InChI is InChI=1S/C18H21NO3/c1-17(2)13-8-9-18(17,3)15(20)12(13)10-19-14-7-5-4-6-11(14)16(21)22/h4-7,10,13,19H,8-9H2,1-3H3,(H,21,22)/b12-10-. The summed E-state index contributed by atoms with van der Waals surface area (Å²) in [5.41, 5.74) is 1.20. The lowest BCUT2D eigenvalue weighted by Gasteiger charge is -2.31. The van der Waals surface area contributed by atoms with E-state index in [0.717, 1.165) is 18.4 Å². The van der Waals surface area contributed by atoms with Crippen molar-refractivity contribution in [3.63, 3.8) is 0 Å². The van der Waals surface area contributed by atoms with Crippen molar-refractivity contribution in [2.24, 2.45) is 16.7 Å². The minimum absolute atomic E-state index is 0.0378. The molecule has 0 aromatic heterocycles. The number of Topliss-reactive ketones (excluding diaryl/α,β-unsaturated/α-hetero) is 1. The average molecular weight is 299 g/mol. The van der Waals surface area contributed by atoms with Crippen LogP contribution >= 0.6 is 0 Å². The summed E-state index contributed by atoms with van der Waals surface area (Å²) in [5, 5.41) is 12.3. The smallest absolute Gasteiger partial charge is 0.337 e. The van der Waals surface area contributed by atoms with Crippen molar-refractivity contribution >= 4 is 17.4 Å². The summed E-state index contributed by atoms with van der Waals surface area (Å²) in [6, 6.07) is 6.73. The molecular formula is C18H21NO3. The number of para-hydroxylation sites is 1. The minimum atomic E-state index is -0.979. The predicted octanol–water partition coefficient (Wildman–Crippen LogP) is 3.71. The molecule has 4 heteroatoms. The highest BCUT2D eigenvalue weighted by atomic mass is 16.4. The Balaban J connectivity index is 1.93. The Hall–Kier alpha value is -2.10. The van der Waals surface area contributed by atoms with E-state index in [4.69, 9.17) is 0 Å². The Morgan fingerprint density at radius 2 is 2.00 bits per heavy atom. The highest BCUT2D eigenvalue weighted by Crippen LogP contribution is 2.65. The maximum absolute atomic E-state index is 12.7. The third kappa shape index (κ3) is 1.83. The van der Waals surface area contributed by atoms with Crippen LogP contribution in [-0.4, -0.2) is 16.9 Å². The third-order valence-electron chi connectivity index (χ3n) is 5.91. The summed E-state index contributed by atoms with van der Waals surface area (Å²) in [7, 11) is 0. The summed E-state index contributed by atoms with van der Waals surface area (Å²) >= 11 is 0.